The smallest absolute Gasteiger partial charge is 0.272 e. The zero-order chi connectivity index (χ0) is 15.0. The van der Waals surface area contributed by atoms with E-state index in [9.17, 15) is 18.0 Å². The molecule has 2 aromatic carbocycles. The van der Waals surface area contributed by atoms with Crippen LogP contribution in [0.25, 0.3) is 10.9 Å². The van der Waals surface area contributed by atoms with Gasteiger partial charge >= 0.3 is 0 Å². The van der Waals surface area contributed by atoms with Gasteiger partial charge in [-0.3, -0.25) is 4.79 Å². The van der Waals surface area contributed by atoms with Crippen molar-refractivity contribution < 1.29 is 18.0 Å². The van der Waals surface area contributed by atoms with E-state index in [0.29, 0.717) is 10.9 Å². The molecule has 0 saturated heterocycles. The maximum atomic E-state index is 13.5. The molecule has 0 radical (unpaired) electrons. The SMILES string of the molecule is O=C(Nc1c(F)cccc1F)c1cc2cc(F)ccc2[nH]1. The van der Waals surface area contributed by atoms with Gasteiger partial charge in [0.25, 0.3) is 5.91 Å². The first kappa shape index (κ1) is 13.2. The fourth-order valence-corrected chi connectivity index (χ4v) is 2.02. The van der Waals surface area contributed by atoms with E-state index in [2.05, 4.69) is 10.3 Å². The van der Waals surface area contributed by atoms with Crippen LogP contribution in [0.15, 0.2) is 42.5 Å². The highest BCUT2D eigenvalue weighted by atomic mass is 19.1. The summed E-state index contributed by atoms with van der Waals surface area (Å²) >= 11 is 0. The predicted molar refractivity (Wildman–Crippen MR) is 72.6 cm³/mol. The number of hydrogen-bond acceptors (Lipinski definition) is 1. The first-order chi connectivity index (χ1) is 10.0. The van der Waals surface area contributed by atoms with Gasteiger partial charge in [0.05, 0.1) is 0 Å². The molecule has 0 spiro atoms. The number of aromatic amines is 1. The minimum Gasteiger partial charge on any atom is -0.351 e. The van der Waals surface area contributed by atoms with E-state index in [0.717, 1.165) is 12.1 Å². The third-order valence-corrected chi connectivity index (χ3v) is 3.03. The molecular formula is C15H9F3N2O. The van der Waals surface area contributed by atoms with Crippen molar-refractivity contribution in [1.82, 2.24) is 4.98 Å². The molecule has 3 rings (SSSR count). The maximum absolute atomic E-state index is 13.5. The van der Waals surface area contributed by atoms with Crippen molar-refractivity contribution in [2.24, 2.45) is 0 Å². The molecule has 0 aliphatic carbocycles. The van der Waals surface area contributed by atoms with E-state index in [1.165, 1.54) is 30.3 Å². The van der Waals surface area contributed by atoms with Gasteiger partial charge in [-0.2, -0.15) is 0 Å². The van der Waals surface area contributed by atoms with Crippen LogP contribution in [0.5, 0.6) is 0 Å². The van der Waals surface area contributed by atoms with Gasteiger partial charge in [0.1, 0.15) is 28.8 Å². The Labute approximate surface area is 117 Å². The number of amides is 1. The van der Waals surface area contributed by atoms with Crippen LogP contribution >= 0.6 is 0 Å². The lowest BCUT2D eigenvalue weighted by Crippen LogP contribution is -2.14. The molecule has 21 heavy (non-hydrogen) atoms. The standard InChI is InChI=1S/C15H9F3N2O/c16-9-4-5-12-8(6-9)7-13(19-12)15(21)20-14-10(17)2-1-3-11(14)18/h1-7,19H,(H,20,21). The van der Waals surface area contributed by atoms with Gasteiger partial charge in [-0.15, -0.1) is 0 Å². The van der Waals surface area contributed by atoms with Crippen LogP contribution in [0.3, 0.4) is 0 Å². The van der Waals surface area contributed by atoms with Gasteiger partial charge in [-0.25, -0.2) is 13.2 Å². The Bertz CT molecular complexity index is 822. The Balaban J connectivity index is 1.94. The number of carbonyl (C=O) groups is 1. The number of nitrogens with one attached hydrogen (secondary N) is 2. The largest absolute Gasteiger partial charge is 0.351 e. The number of fused-ring (bicyclic) bond motifs is 1. The van der Waals surface area contributed by atoms with E-state index in [1.54, 1.807) is 0 Å². The number of carbonyl (C=O) groups excluding carboxylic acids is 1. The van der Waals surface area contributed by atoms with E-state index in [-0.39, 0.29) is 5.69 Å². The number of halogens is 3. The van der Waals surface area contributed by atoms with Crippen LogP contribution in [0.4, 0.5) is 18.9 Å². The summed E-state index contributed by atoms with van der Waals surface area (Å²) in [5, 5.41) is 2.65. The molecule has 0 unspecified atom stereocenters. The second-order valence-electron chi connectivity index (χ2n) is 4.47. The number of rotatable bonds is 2. The number of benzene rings is 2. The quantitative estimate of drug-likeness (QED) is 0.740. The summed E-state index contributed by atoms with van der Waals surface area (Å²) in [6.45, 7) is 0. The van der Waals surface area contributed by atoms with Crippen molar-refractivity contribution in [3.63, 3.8) is 0 Å². The topological polar surface area (TPSA) is 44.9 Å². The van der Waals surface area contributed by atoms with Crippen LogP contribution in [0.2, 0.25) is 0 Å². The first-order valence-corrected chi connectivity index (χ1v) is 6.08. The summed E-state index contributed by atoms with van der Waals surface area (Å²) in [6.07, 6.45) is 0. The molecule has 0 bridgehead atoms. The van der Waals surface area contributed by atoms with Gasteiger partial charge in [0.15, 0.2) is 0 Å². The Morgan fingerprint density at radius 3 is 2.43 bits per heavy atom. The van der Waals surface area contributed by atoms with Crippen molar-refractivity contribution in [2.75, 3.05) is 5.32 Å². The van der Waals surface area contributed by atoms with Crippen LogP contribution in [-0.4, -0.2) is 10.9 Å². The average molecular weight is 290 g/mol. The minimum absolute atomic E-state index is 0.0817. The third kappa shape index (κ3) is 2.47. The van der Waals surface area contributed by atoms with E-state index in [1.807, 2.05) is 0 Å². The minimum atomic E-state index is -0.870. The molecule has 106 valence electrons. The normalized spacial score (nSPS) is 10.8. The molecular weight excluding hydrogens is 281 g/mol. The maximum Gasteiger partial charge on any atom is 0.272 e. The Hall–Kier alpha value is -2.76. The second kappa shape index (κ2) is 4.97. The lowest BCUT2D eigenvalue weighted by Gasteiger charge is -2.05. The van der Waals surface area contributed by atoms with Gasteiger partial charge in [0, 0.05) is 10.9 Å². The van der Waals surface area contributed by atoms with E-state index >= 15 is 0 Å². The molecule has 0 aliphatic rings. The molecule has 0 aliphatic heterocycles. The van der Waals surface area contributed by atoms with Crippen molar-refractivity contribution in [1.29, 1.82) is 0 Å². The highest BCUT2D eigenvalue weighted by Gasteiger charge is 2.15. The molecule has 1 aromatic heterocycles. The summed E-state index contributed by atoms with van der Waals surface area (Å²) < 4.78 is 40.0. The molecule has 6 heteroatoms. The zero-order valence-corrected chi connectivity index (χ0v) is 10.6. The van der Waals surface area contributed by atoms with E-state index < -0.39 is 29.0 Å². The van der Waals surface area contributed by atoms with Gasteiger partial charge in [-0.1, -0.05) is 6.07 Å². The van der Waals surface area contributed by atoms with Crippen LogP contribution in [-0.2, 0) is 0 Å². The predicted octanol–water partition coefficient (Wildman–Crippen LogP) is 3.84. The second-order valence-corrected chi connectivity index (χ2v) is 4.47. The fourth-order valence-electron chi connectivity index (χ4n) is 2.02. The van der Waals surface area contributed by atoms with Crippen molar-refractivity contribution in [2.45, 2.75) is 0 Å². The summed E-state index contributed by atoms with van der Waals surface area (Å²) in [4.78, 5) is 14.8. The molecule has 0 fully saturated rings. The van der Waals surface area contributed by atoms with E-state index in [4.69, 9.17) is 0 Å². The Morgan fingerprint density at radius 2 is 1.71 bits per heavy atom. The first-order valence-electron chi connectivity index (χ1n) is 6.08. The van der Waals surface area contributed by atoms with Crippen LogP contribution in [0.1, 0.15) is 10.5 Å². The van der Waals surface area contributed by atoms with Crippen LogP contribution < -0.4 is 5.32 Å². The highest BCUT2D eigenvalue weighted by molar-refractivity contribution is 6.06. The Kier molecular flexibility index (Phi) is 3.13. The molecule has 0 atom stereocenters. The number of para-hydroxylation sites is 1. The molecule has 2 N–H and O–H groups in total. The number of hydrogen-bond donors (Lipinski definition) is 2. The monoisotopic (exact) mass is 290 g/mol. The number of anilines is 1. The highest BCUT2D eigenvalue weighted by Crippen LogP contribution is 2.21. The summed E-state index contributed by atoms with van der Waals surface area (Å²) in [5.74, 6) is -2.89. The van der Waals surface area contributed by atoms with Crippen molar-refractivity contribution in [3.05, 3.63) is 65.6 Å². The zero-order valence-electron chi connectivity index (χ0n) is 10.6. The Morgan fingerprint density at radius 1 is 1.00 bits per heavy atom. The van der Waals surface area contributed by atoms with Gasteiger partial charge in [-0.05, 0) is 36.4 Å². The summed E-state index contributed by atoms with van der Waals surface area (Å²) in [6, 6.07) is 8.67. The number of H-pyrrole nitrogens is 1. The van der Waals surface area contributed by atoms with Gasteiger partial charge < -0.3 is 10.3 Å². The van der Waals surface area contributed by atoms with Crippen LogP contribution in [0, 0.1) is 17.5 Å². The molecule has 3 aromatic rings. The third-order valence-electron chi connectivity index (χ3n) is 3.03. The van der Waals surface area contributed by atoms with Crippen molar-refractivity contribution in [3.8, 4) is 0 Å². The molecule has 1 amide bonds. The summed E-state index contributed by atoms with van der Waals surface area (Å²) in [7, 11) is 0. The molecule has 3 nitrogen and oxygen atoms in total. The molecule has 1 heterocycles. The van der Waals surface area contributed by atoms with Gasteiger partial charge in [0.2, 0.25) is 0 Å². The lowest BCUT2D eigenvalue weighted by molar-refractivity contribution is 0.102. The summed E-state index contributed by atoms with van der Waals surface area (Å²) in [5.41, 5.74) is 0.112. The average Bonchev–Trinajstić information content (AvgIpc) is 2.86. The lowest BCUT2D eigenvalue weighted by atomic mass is 10.2. The number of aromatic nitrogens is 1. The fraction of sp³-hybridized carbons (Fsp3) is 0. The molecule has 0 saturated carbocycles. The van der Waals surface area contributed by atoms with Crippen molar-refractivity contribution >= 4 is 22.5 Å².